The standard InChI is InChI=1S/C36H33BrN2O3/c1-35(2,3)26-14-17-28(18-15-26)39-32(40)21-30(33(39)41)36(22-24-10-6-4-7-11-24)29-19-16-27(37)20-31(29)38(34(36)42)23-25-12-8-5-9-13-25/h4-20,30H,21-23H2,1-3H3/t30-,36+/m0/s1. The zero-order valence-electron chi connectivity index (χ0n) is 24.0. The van der Waals surface area contributed by atoms with Gasteiger partial charge in [-0.25, -0.2) is 0 Å². The first-order valence-electron chi connectivity index (χ1n) is 14.3. The van der Waals surface area contributed by atoms with Crippen LogP contribution in [0.5, 0.6) is 0 Å². The van der Waals surface area contributed by atoms with Crippen LogP contribution in [0, 0.1) is 5.92 Å². The number of nitrogens with zero attached hydrogens (tertiary/aromatic N) is 2. The van der Waals surface area contributed by atoms with Gasteiger partial charge in [-0.3, -0.25) is 19.3 Å². The van der Waals surface area contributed by atoms with Gasteiger partial charge in [0.2, 0.25) is 17.7 Å². The average Bonchev–Trinajstić information content (AvgIpc) is 3.39. The number of rotatable bonds is 6. The van der Waals surface area contributed by atoms with E-state index >= 15 is 0 Å². The van der Waals surface area contributed by atoms with Crippen molar-refractivity contribution >= 4 is 45.0 Å². The number of fused-ring (bicyclic) bond motifs is 1. The average molecular weight is 622 g/mol. The number of benzene rings is 4. The van der Waals surface area contributed by atoms with E-state index in [1.54, 1.807) is 4.90 Å². The molecule has 3 amide bonds. The van der Waals surface area contributed by atoms with Crippen molar-refractivity contribution in [2.75, 3.05) is 9.80 Å². The lowest BCUT2D eigenvalue weighted by molar-refractivity contribution is -0.131. The first-order valence-corrected chi connectivity index (χ1v) is 15.1. The summed E-state index contributed by atoms with van der Waals surface area (Å²) < 4.78 is 0.844. The molecule has 4 aromatic rings. The second-order valence-corrected chi connectivity index (χ2v) is 13.2. The molecule has 0 aliphatic carbocycles. The first-order chi connectivity index (χ1) is 20.1. The molecule has 2 heterocycles. The van der Waals surface area contributed by atoms with Crippen LogP contribution in [-0.2, 0) is 38.2 Å². The summed E-state index contributed by atoms with van der Waals surface area (Å²) in [6, 6.07) is 33.1. The van der Waals surface area contributed by atoms with E-state index in [-0.39, 0.29) is 29.6 Å². The van der Waals surface area contributed by atoms with Gasteiger partial charge in [0.15, 0.2) is 0 Å². The largest absolute Gasteiger partial charge is 0.307 e. The number of carbonyl (C=O) groups excluding carboxylic acids is 3. The van der Waals surface area contributed by atoms with Crippen LogP contribution in [0.1, 0.15) is 49.4 Å². The maximum atomic E-state index is 14.9. The van der Waals surface area contributed by atoms with E-state index in [1.807, 2.05) is 103 Å². The van der Waals surface area contributed by atoms with E-state index in [0.717, 1.165) is 32.4 Å². The number of hydrogen-bond acceptors (Lipinski definition) is 3. The molecule has 1 saturated heterocycles. The van der Waals surface area contributed by atoms with Gasteiger partial charge in [-0.15, -0.1) is 0 Å². The monoisotopic (exact) mass is 620 g/mol. The minimum absolute atomic E-state index is 0.0346. The molecule has 42 heavy (non-hydrogen) atoms. The van der Waals surface area contributed by atoms with Crippen LogP contribution in [0.15, 0.2) is 108 Å². The molecule has 0 spiro atoms. The SMILES string of the molecule is CC(C)(C)c1ccc(N2C(=O)C[C@H]([C@]3(Cc4ccccc4)C(=O)N(Cc4ccccc4)c4cc(Br)ccc43)C2=O)cc1. The quantitative estimate of drug-likeness (QED) is 0.212. The molecule has 2 atom stereocenters. The molecule has 2 aliphatic heterocycles. The number of halogens is 1. The third-order valence-corrected chi connectivity index (χ3v) is 9.09. The van der Waals surface area contributed by atoms with Gasteiger partial charge in [0.25, 0.3) is 0 Å². The molecule has 0 saturated carbocycles. The van der Waals surface area contributed by atoms with Crippen molar-refractivity contribution in [3.63, 3.8) is 0 Å². The molecule has 0 radical (unpaired) electrons. The minimum atomic E-state index is -1.24. The highest BCUT2D eigenvalue weighted by atomic mass is 79.9. The summed E-state index contributed by atoms with van der Waals surface area (Å²) in [6.07, 6.45) is 0.278. The van der Waals surface area contributed by atoms with Gasteiger partial charge in [-0.2, -0.15) is 0 Å². The molecule has 0 unspecified atom stereocenters. The number of imide groups is 1. The summed E-state index contributed by atoms with van der Waals surface area (Å²) >= 11 is 3.60. The van der Waals surface area contributed by atoms with Crippen molar-refractivity contribution in [2.24, 2.45) is 5.92 Å². The summed E-state index contributed by atoms with van der Waals surface area (Å²) in [7, 11) is 0. The zero-order chi connectivity index (χ0) is 29.6. The van der Waals surface area contributed by atoms with Gasteiger partial charge in [0.1, 0.15) is 0 Å². The van der Waals surface area contributed by atoms with E-state index < -0.39 is 11.3 Å². The lowest BCUT2D eigenvalue weighted by Gasteiger charge is -2.33. The fraction of sp³-hybridized carbons (Fsp3) is 0.250. The highest BCUT2D eigenvalue weighted by molar-refractivity contribution is 9.10. The molecule has 212 valence electrons. The lowest BCUT2D eigenvalue weighted by Crippen LogP contribution is -2.50. The molecule has 0 bridgehead atoms. The van der Waals surface area contributed by atoms with Crippen LogP contribution in [0.2, 0.25) is 0 Å². The molecule has 6 rings (SSSR count). The van der Waals surface area contributed by atoms with Crippen LogP contribution in [0.25, 0.3) is 0 Å². The maximum absolute atomic E-state index is 14.9. The van der Waals surface area contributed by atoms with Crippen LogP contribution in [-0.4, -0.2) is 17.7 Å². The Bertz CT molecular complexity index is 1660. The Morgan fingerprint density at radius 2 is 1.43 bits per heavy atom. The van der Waals surface area contributed by atoms with E-state index in [4.69, 9.17) is 0 Å². The van der Waals surface area contributed by atoms with E-state index in [2.05, 4.69) is 36.7 Å². The van der Waals surface area contributed by atoms with Gasteiger partial charge < -0.3 is 4.90 Å². The van der Waals surface area contributed by atoms with Crippen LogP contribution < -0.4 is 9.80 Å². The molecule has 5 nitrogen and oxygen atoms in total. The van der Waals surface area contributed by atoms with Gasteiger partial charge in [0, 0.05) is 16.6 Å². The molecular weight excluding hydrogens is 588 g/mol. The Morgan fingerprint density at radius 1 is 0.810 bits per heavy atom. The van der Waals surface area contributed by atoms with Crippen LogP contribution in [0.3, 0.4) is 0 Å². The molecule has 6 heteroatoms. The second kappa shape index (κ2) is 10.7. The van der Waals surface area contributed by atoms with Crippen molar-refractivity contribution in [3.8, 4) is 0 Å². The highest BCUT2D eigenvalue weighted by Gasteiger charge is 2.61. The summed E-state index contributed by atoms with van der Waals surface area (Å²) in [4.78, 5) is 46.0. The third kappa shape index (κ3) is 4.78. The van der Waals surface area contributed by atoms with E-state index in [1.165, 1.54) is 4.90 Å². The molecule has 0 aromatic heterocycles. The predicted molar refractivity (Wildman–Crippen MR) is 169 cm³/mol. The Morgan fingerprint density at radius 3 is 2.05 bits per heavy atom. The minimum Gasteiger partial charge on any atom is -0.307 e. The first kappa shape index (κ1) is 28.1. The number of carbonyl (C=O) groups is 3. The van der Waals surface area contributed by atoms with E-state index in [9.17, 15) is 14.4 Å². The summed E-state index contributed by atoms with van der Waals surface area (Å²) in [5.41, 5.74) is 3.84. The zero-order valence-corrected chi connectivity index (χ0v) is 25.6. The summed E-state index contributed by atoms with van der Waals surface area (Å²) in [5.74, 6) is -1.61. The number of amides is 3. The number of anilines is 2. The number of hydrogen-bond donors (Lipinski definition) is 0. The Kier molecular flexibility index (Phi) is 7.14. The lowest BCUT2D eigenvalue weighted by atomic mass is 9.66. The van der Waals surface area contributed by atoms with Crippen molar-refractivity contribution in [1.29, 1.82) is 0 Å². The Balaban J connectivity index is 1.47. The van der Waals surface area contributed by atoms with Gasteiger partial charge in [0.05, 0.1) is 23.6 Å². The summed E-state index contributed by atoms with van der Waals surface area (Å²) in [6.45, 7) is 6.74. The van der Waals surface area contributed by atoms with Gasteiger partial charge in [-0.05, 0) is 58.4 Å². The molecule has 0 N–H and O–H groups in total. The highest BCUT2D eigenvalue weighted by Crippen LogP contribution is 2.53. The fourth-order valence-electron chi connectivity index (χ4n) is 6.44. The van der Waals surface area contributed by atoms with Crippen molar-refractivity contribution in [1.82, 2.24) is 0 Å². The van der Waals surface area contributed by atoms with Gasteiger partial charge in [-0.1, -0.05) is 116 Å². The van der Waals surface area contributed by atoms with Crippen LogP contribution in [0.4, 0.5) is 11.4 Å². The molecule has 1 fully saturated rings. The summed E-state index contributed by atoms with van der Waals surface area (Å²) in [5, 5.41) is 0. The Hall–Kier alpha value is -4.03. The van der Waals surface area contributed by atoms with Crippen LogP contribution >= 0.6 is 15.9 Å². The van der Waals surface area contributed by atoms with E-state index in [0.29, 0.717) is 18.7 Å². The topological polar surface area (TPSA) is 57.7 Å². The van der Waals surface area contributed by atoms with Crippen molar-refractivity contribution in [3.05, 3.63) is 130 Å². The molecule has 2 aliphatic rings. The third-order valence-electron chi connectivity index (χ3n) is 8.60. The molecular formula is C36H33BrN2O3. The normalized spacial score (nSPS) is 20.4. The molecule has 4 aromatic carbocycles. The van der Waals surface area contributed by atoms with Gasteiger partial charge >= 0.3 is 0 Å². The second-order valence-electron chi connectivity index (χ2n) is 12.3. The van der Waals surface area contributed by atoms with Crippen molar-refractivity contribution < 1.29 is 14.4 Å². The maximum Gasteiger partial charge on any atom is 0.239 e. The van der Waals surface area contributed by atoms with Crippen molar-refractivity contribution in [2.45, 2.75) is 51.0 Å². The predicted octanol–water partition coefficient (Wildman–Crippen LogP) is 7.35. The Labute approximate surface area is 255 Å². The smallest absolute Gasteiger partial charge is 0.239 e. The fourth-order valence-corrected chi connectivity index (χ4v) is 6.79.